The molecular formula is C12H19F3N2O. The van der Waals surface area contributed by atoms with E-state index >= 15 is 0 Å². The van der Waals surface area contributed by atoms with Crippen LogP contribution in [0.25, 0.3) is 0 Å². The van der Waals surface area contributed by atoms with Crippen molar-refractivity contribution in [3.05, 3.63) is 0 Å². The first-order valence-corrected chi connectivity index (χ1v) is 6.47. The number of carbonyl (C=O) groups excluding carboxylic acids is 1. The molecule has 18 heavy (non-hydrogen) atoms. The Morgan fingerprint density at radius 2 is 1.89 bits per heavy atom. The van der Waals surface area contributed by atoms with E-state index in [2.05, 4.69) is 5.32 Å². The molecule has 0 aromatic heterocycles. The molecule has 3 N–H and O–H groups in total. The van der Waals surface area contributed by atoms with Crippen molar-refractivity contribution < 1.29 is 18.0 Å². The molecular weight excluding hydrogens is 245 g/mol. The average molecular weight is 264 g/mol. The zero-order valence-electron chi connectivity index (χ0n) is 10.2. The number of carbonyl (C=O) groups is 1. The fraction of sp³-hybridized carbons (Fsp3) is 0.917. The summed E-state index contributed by atoms with van der Waals surface area (Å²) in [6.45, 7) is 0.224. The van der Waals surface area contributed by atoms with E-state index in [9.17, 15) is 18.0 Å². The van der Waals surface area contributed by atoms with Gasteiger partial charge >= 0.3 is 6.18 Å². The SMILES string of the molecule is NCC1(C(=O)NC2CCCCC2C(F)(F)F)CC1. The minimum atomic E-state index is -4.22. The van der Waals surface area contributed by atoms with Crippen LogP contribution in [0.15, 0.2) is 0 Å². The summed E-state index contributed by atoms with van der Waals surface area (Å²) in [5.74, 6) is -1.69. The standard InChI is InChI=1S/C12H19F3N2O/c13-12(14,15)8-3-1-2-4-9(8)17-10(18)11(7-16)5-6-11/h8-9H,1-7,16H2,(H,17,18). The van der Waals surface area contributed by atoms with Gasteiger partial charge in [-0.2, -0.15) is 13.2 Å². The van der Waals surface area contributed by atoms with Gasteiger partial charge in [0.2, 0.25) is 5.91 Å². The molecule has 0 bridgehead atoms. The van der Waals surface area contributed by atoms with Gasteiger partial charge in [-0.25, -0.2) is 0 Å². The summed E-state index contributed by atoms with van der Waals surface area (Å²) in [7, 11) is 0. The van der Waals surface area contributed by atoms with Crippen LogP contribution >= 0.6 is 0 Å². The third-order valence-corrected chi connectivity index (χ3v) is 4.23. The van der Waals surface area contributed by atoms with E-state index in [1.165, 1.54) is 0 Å². The molecule has 1 amide bonds. The summed E-state index contributed by atoms with van der Waals surface area (Å²) in [4.78, 5) is 11.9. The van der Waals surface area contributed by atoms with Gasteiger partial charge in [-0.15, -0.1) is 0 Å². The number of amides is 1. The summed E-state index contributed by atoms with van der Waals surface area (Å²) < 4.78 is 38.6. The minimum Gasteiger partial charge on any atom is -0.352 e. The van der Waals surface area contributed by atoms with Crippen molar-refractivity contribution in [2.75, 3.05) is 6.54 Å². The van der Waals surface area contributed by atoms with E-state index in [-0.39, 0.29) is 18.9 Å². The van der Waals surface area contributed by atoms with Gasteiger partial charge in [0.15, 0.2) is 0 Å². The molecule has 2 saturated carbocycles. The van der Waals surface area contributed by atoms with Crippen molar-refractivity contribution in [1.82, 2.24) is 5.32 Å². The molecule has 2 aliphatic rings. The molecule has 104 valence electrons. The Bertz CT molecular complexity index is 326. The topological polar surface area (TPSA) is 55.1 Å². The highest BCUT2D eigenvalue weighted by molar-refractivity contribution is 5.85. The third-order valence-electron chi connectivity index (χ3n) is 4.23. The Balaban J connectivity index is 2.00. The van der Waals surface area contributed by atoms with Crippen LogP contribution in [-0.2, 0) is 4.79 Å². The van der Waals surface area contributed by atoms with Gasteiger partial charge in [-0.05, 0) is 25.7 Å². The highest BCUT2D eigenvalue weighted by Gasteiger charge is 2.51. The number of alkyl halides is 3. The minimum absolute atomic E-state index is 0.115. The molecule has 2 aliphatic carbocycles. The molecule has 0 saturated heterocycles. The molecule has 3 nitrogen and oxygen atoms in total. The fourth-order valence-electron chi connectivity index (χ4n) is 2.69. The van der Waals surface area contributed by atoms with E-state index in [0.717, 1.165) is 6.42 Å². The second-order valence-corrected chi connectivity index (χ2v) is 5.50. The first-order chi connectivity index (χ1) is 8.39. The molecule has 2 fully saturated rings. The Morgan fingerprint density at radius 1 is 1.28 bits per heavy atom. The van der Waals surface area contributed by atoms with Gasteiger partial charge in [0.1, 0.15) is 0 Å². The van der Waals surface area contributed by atoms with Crippen LogP contribution in [0.1, 0.15) is 38.5 Å². The summed E-state index contributed by atoms with van der Waals surface area (Å²) >= 11 is 0. The largest absolute Gasteiger partial charge is 0.393 e. The van der Waals surface area contributed by atoms with E-state index in [1.54, 1.807) is 0 Å². The number of hydrogen-bond donors (Lipinski definition) is 2. The highest BCUT2D eigenvalue weighted by Crippen LogP contribution is 2.45. The van der Waals surface area contributed by atoms with Gasteiger partial charge < -0.3 is 11.1 Å². The number of rotatable bonds is 3. The zero-order chi connectivity index (χ0) is 13.4. The van der Waals surface area contributed by atoms with Crippen LogP contribution in [-0.4, -0.2) is 24.7 Å². The molecule has 2 unspecified atom stereocenters. The molecule has 0 aliphatic heterocycles. The summed E-state index contributed by atoms with van der Waals surface area (Å²) in [5.41, 5.74) is 4.94. The Hall–Kier alpha value is -0.780. The maximum atomic E-state index is 12.9. The maximum Gasteiger partial charge on any atom is 0.393 e. The van der Waals surface area contributed by atoms with Crippen LogP contribution in [0.2, 0.25) is 0 Å². The van der Waals surface area contributed by atoms with Crippen molar-refractivity contribution in [3.63, 3.8) is 0 Å². The van der Waals surface area contributed by atoms with Crippen LogP contribution < -0.4 is 11.1 Å². The number of halogens is 3. The normalized spacial score (nSPS) is 30.9. The van der Waals surface area contributed by atoms with Crippen LogP contribution in [0.4, 0.5) is 13.2 Å². The van der Waals surface area contributed by atoms with Gasteiger partial charge in [0.05, 0.1) is 11.3 Å². The lowest BCUT2D eigenvalue weighted by atomic mass is 9.83. The van der Waals surface area contributed by atoms with Crippen LogP contribution in [0.5, 0.6) is 0 Å². The number of nitrogens with two attached hydrogens (primary N) is 1. The Morgan fingerprint density at radius 3 is 2.39 bits per heavy atom. The molecule has 6 heteroatoms. The number of hydrogen-bond acceptors (Lipinski definition) is 2. The second-order valence-electron chi connectivity index (χ2n) is 5.50. The molecule has 0 radical (unpaired) electrons. The monoisotopic (exact) mass is 264 g/mol. The lowest BCUT2D eigenvalue weighted by molar-refractivity contribution is -0.189. The highest BCUT2D eigenvalue weighted by atomic mass is 19.4. The summed E-state index contributed by atoms with van der Waals surface area (Å²) in [6.07, 6.45) is -0.984. The van der Waals surface area contributed by atoms with E-state index in [1.807, 2.05) is 0 Å². The fourth-order valence-corrected chi connectivity index (χ4v) is 2.69. The predicted octanol–water partition coefficient (Wildman–Crippen LogP) is 1.96. The van der Waals surface area contributed by atoms with Gasteiger partial charge in [-0.1, -0.05) is 12.8 Å². The lowest BCUT2D eigenvalue weighted by Gasteiger charge is -2.34. The smallest absolute Gasteiger partial charge is 0.352 e. The van der Waals surface area contributed by atoms with Crippen LogP contribution in [0, 0.1) is 11.3 Å². The van der Waals surface area contributed by atoms with Crippen molar-refractivity contribution in [2.45, 2.75) is 50.7 Å². The molecule has 0 spiro atoms. The average Bonchev–Trinajstić information content (AvgIpc) is 3.09. The van der Waals surface area contributed by atoms with Gasteiger partial charge in [0, 0.05) is 12.6 Å². The van der Waals surface area contributed by atoms with Crippen molar-refractivity contribution >= 4 is 5.91 Å². The van der Waals surface area contributed by atoms with Crippen molar-refractivity contribution in [3.8, 4) is 0 Å². The summed E-state index contributed by atoms with van der Waals surface area (Å²) in [5, 5.41) is 2.59. The summed E-state index contributed by atoms with van der Waals surface area (Å²) in [6, 6.07) is -0.768. The molecule has 0 aromatic rings. The Kier molecular flexibility index (Phi) is 3.58. The first kappa shape index (κ1) is 13.6. The van der Waals surface area contributed by atoms with Crippen LogP contribution in [0.3, 0.4) is 0 Å². The lowest BCUT2D eigenvalue weighted by Crippen LogP contribution is -2.50. The molecule has 2 rings (SSSR count). The number of nitrogens with one attached hydrogen (secondary N) is 1. The second kappa shape index (κ2) is 4.72. The van der Waals surface area contributed by atoms with Gasteiger partial charge in [-0.3, -0.25) is 4.79 Å². The van der Waals surface area contributed by atoms with E-state index in [4.69, 9.17) is 5.73 Å². The van der Waals surface area contributed by atoms with Crippen molar-refractivity contribution in [2.24, 2.45) is 17.1 Å². The van der Waals surface area contributed by atoms with Crippen molar-refractivity contribution in [1.29, 1.82) is 0 Å². The molecule has 0 heterocycles. The molecule has 0 aromatic carbocycles. The predicted molar refractivity (Wildman–Crippen MR) is 60.7 cm³/mol. The zero-order valence-corrected chi connectivity index (χ0v) is 10.2. The molecule has 2 atom stereocenters. The quantitative estimate of drug-likeness (QED) is 0.818. The third kappa shape index (κ3) is 2.63. The maximum absolute atomic E-state index is 12.9. The Labute approximate surface area is 104 Å². The van der Waals surface area contributed by atoms with E-state index in [0.29, 0.717) is 25.7 Å². The first-order valence-electron chi connectivity index (χ1n) is 6.47. The van der Waals surface area contributed by atoms with E-state index < -0.39 is 23.6 Å². The van der Waals surface area contributed by atoms with Gasteiger partial charge in [0.25, 0.3) is 0 Å².